The monoisotopic (exact) mass is 391 g/mol. The van der Waals surface area contributed by atoms with Crippen LogP contribution in [0.15, 0.2) is 54.2 Å². The van der Waals surface area contributed by atoms with Gasteiger partial charge < -0.3 is 14.6 Å². The SMILES string of the molecule is N#CC(=Cc1ccc(N2CCOCC2)cc1)C(=O)c1c[nH]c2cc(Cl)ccc12. The van der Waals surface area contributed by atoms with Crippen molar-refractivity contribution in [1.82, 2.24) is 4.98 Å². The molecular formula is C22H18ClN3O2. The summed E-state index contributed by atoms with van der Waals surface area (Å²) in [5.74, 6) is -0.312. The van der Waals surface area contributed by atoms with E-state index in [0.717, 1.165) is 48.5 Å². The van der Waals surface area contributed by atoms with E-state index in [9.17, 15) is 10.1 Å². The predicted molar refractivity (Wildman–Crippen MR) is 111 cm³/mol. The Hall–Kier alpha value is -3.07. The number of Topliss-reactive ketones (excluding diaryl/α,β-unsaturated/α-hetero) is 1. The number of halogens is 1. The molecule has 4 rings (SSSR count). The van der Waals surface area contributed by atoms with Crippen LogP contribution in [0, 0.1) is 11.3 Å². The number of anilines is 1. The second kappa shape index (κ2) is 7.89. The number of ketones is 1. The average Bonchev–Trinajstić information content (AvgIpc) is 3.15. The van der Waals surface area contributed by atoms with Crippen LogP contribution in [0.4, 0.5) is 5.69 Å². The number of morpholine rings is 1. The molecule has 1 aliphatic rings. The number of aromatic nitrogens is 1. The number of aromatic amines is 1. The topological polar surface area (TPSA) is 69.1 Å². The minimum absolute atomic E-state index is 0.0926. The number of hydrogen-bond acceptors (Lipinski definition) is 4. The summed E-state index contributed by atoms with van der Waals surface area (Å²) in [6, 6.07) is 15.2. The third kappa shape index (κ3) is 3.65. The third-order valence-electron chi connectivity index (χ3n) is 4.83. The molecule has 0 aliphatic carbocycles. The van der Waals surface area contributed by atoms with Crippen molar-refractivity contribution in [3.05, 3.63) is 70.4 Å². The number of carbonyl (C=O) groups is 1. The second-order valence-corrected chi connectivity index (χ2v) is 7.02. The van der Waals surface area contributed by atoms with Gasteiger partial charge in [-0.25, -0.2) is 0 Å². The Bertz CT molecular complexity index is 1090. The van der Waals surface area contributed by atoms with Crippen LogP contribution in [-0.4, -0.2) is 37.1 Å². The summed E-state index contributed by atoms with van der Waals surface area (Å²) in [5.41, 5.74) is 3.24. The maximum atomic E-state index is 12.9. The summed E-state index contributed by atoms with van der Waals surface area (Å²) < 4.78 is 5.38. The first-order valence-corrected chi connectivity index (χ1v) is 9.39. The second-order valence-electron chi connectivity index (χ2n) is 6.58. The summed E-state index contributed by atoms with van der Waals surface area (Å²) in [4.78, 5) is 18.2. The Balaban J connectivity index is 1.59. The first-order valence-electron chi connectivity index (χ1n) is 9.01. The van der Waals surface area contributed by atoms with Gasteiger partial charge in [-0.2, -0.15) is 5.26 Å². The van der Waals surface area contributed by atoms with Crippen LogP contribution >= 0.6 is 11.6 Å². The fourth-order valence-corrected chi connectivity index (χ4v) is 3.52. The lowest BCUT2D eigenvalue weighted by Gasteiger charge is -2.28. The number of fused-ring (bicyclic) bond motifs is 1. The van der Waals surface area contributed by atoms with E-state index < -0.39 is 0 Å². The fourth-order valence-electron chi connectivity index (χ4n) is 3.35. The Morgan fingerprint density at radius 3 is 2.64 bits per heavy atom. The van der Waals surface area contributed by atoms with Crippen LogP contribution in [0.1, 0.15) is 15.9 Å². The number of allylic oxidation sites excluding steroid dienone is 1. The maximum Gasteiger partial charge on any atom is 0.205 e. The molecule has 2 heterocycles. The van der Waals surface area contributed by atoms with Gasteiger partial charge in [0.1, 0.15) is 11.6 Å². The number of nitrogens with zero attached hydrogens (tertiary/aromatic N) is 2. The van der Waals surface area contributed by atoms with Gasteiger partial charge in [0.25, 0.3) is 0 Å². The standard InChI is InChI=1S/C22H18ClN3O2/c23-17-3-6-19-20(14-25-21(19)12-17)22(27)16(13-24)11-15-1-4-18(5-2-15)26-7-9-28-10-8-26/h1-6,11-12,14,25H,7-10H2. The van der Waals surface area contributed by atoms with Crippen molar-refractivity contribution < 1.29 is 9.53 Å². The van der Waals surface area contributed by atoms with E-state index in [1.807, 2.05) is 30.3 Å². The van der Waals surface area contributed by atoms with Crippen molar-refractivity contribution >= 4 is 40.1 Å². The van der Waals surface area contributed by atoms with Gasteiger partial charge in [-0.3, -0.25) is 4.79 Å². The molecule has 0 spiro atoms. The number of ether oxygens (including phenoxy) is 1. The Kier molecular flexibility index (Phi) is 5.16. The van der Waals surface area contributed by atoms with Crippen molar-refractivity contribution in [1.29, 1.82) is 5.26 Å². The number of nitriles is 1. The molecule has 0 amide bonds. The molecular weight excluding hydrogens is 374 g/mol. The van der Waals surface area contributed by atoms with Crippen LogP contribution in [0.5, 0.6) is 0 Å². The number of H-pyrrole nitrogens is 1. The van der Waals surface area contributed by atoms with E-state index in [0.29, 0.717) is 10.6 Å². The van der Waals surface area contributed by atoms with Gasteiger partial charge in [0.05, 0.1) is 13.2 Å². The summed E-state index contributed by atoms with van der Waals surface area (Å²) >= 11 is 5.99. The molecule has 1 N–H and O–H groups in total. The zero-order valence-corrected chi connectivity index (χ0v) is 15.9. The van der Waals surface area contributed by atoms with Gasteiger partial charge in [-0.15, -0.1) is 0 Å². The molecule has 6 heteroatoms. The van der Waals surface area contributed by atoms with Crippen LogP contribution in [-0.2, 0) is 4.74 Å². The van der Waals surface area contributed by atoms with Gasteiger partial charge >= 0.3 is 0 Å². The van der Waals surface area contributed by atoms with Crippen LogP contribution in [0.2, 0.25) is 5.02 Å². The smallest absolute Gasteiger partial charge is 0.205 e. The maximum absolute atomic E-state index is 12.9. The molecule has 0 saturated carbocycles. The normalized spacial score (nSPS) is 14.9. The summed E-state index contributed by atoms with van der Waals surface area (Å²) in [5, 5.41) is 10.9. The van der Waals surface area contributed by atoms with E-state index in [1.54, 1.807) is 30.5 Å². The molecule has 5 nitrogen and oxygen atoms in total. The fraction of sp³-hybridized carbons (Fsp3) is 0.182. The van der Waals surface area contributed by atoms with Gasteiger partial charge in [0.15, 0.2) is 0 Å². The van der Waals surface area contributed by atoms with Crippen molar-refractivity contribution in [3.8, 4) is 6.07 Å². The molecule has 0 bridgehead atoms. The third-order valence-corrected chi connectivity index (χ3v) is 5.07. The first kappa shape index (κ1) is 18.3. The van der Waals surface area contributed by atoms with E-state index in [-0.39, 0.29) is 11.4 Å². The first-order chi connectivity index (χ1) is 13.7. The minimum Gasteiger partial charge on any atom is -0.378 e. The molecule has 3 aromatic rings. The van der Waals surface area contributed by atoms with Crippen molar-refractivity contribution in [2.24, 2.45) is 0 Å². The molecule has 0 unspecified atom stereocenters. The van der Waals surface area contributed by atoms with Crippen molar-refractivity contribution in [2.75, 3.05) is 31.2 Å². The Morgan fingerprint density at radius 1 is 1.18 bits per heavy atom. The molecule has 28 heavy (non-hydrogen) atoms. The molecule has 140 valence electrons. The molecule has 1 aromatic heterocycles. The number of rotatable bonds is 4. The lowest BCUT2D eigenvalue weighted by molar-refractivity contribution is 0.104. The van der Waals surface area contributed by atoms with E-state index in [1.165, 1.54) is 0 Å². The zero-order chi connectivity index (χ0) is 19.5. The summed E-state index contributed by atoms with van der Waals surface area (Å²) in [6.45, 7) is 3.18. The Labute approximate surface area is 167 Å². The summed E-state index contributed by atoms with van der Waals surface area (Å²) in [7, 11) is 0. The number of hydrogen-bond donors (Lipinski definition) is 1. The van der Waals surface area contributed by atoms with Crippen LogP contribution < -0.4 is 4.90 Å². The largest absolute Gasteiger partial charge is 0.378 e. The average molecular weight is 392 g/mol. The lowest BCUT2D eigenvalue weighted by Crippen LogP contribution is -2.36. The molecule has 1 aliphatic heterocycles. The molecule has 1 fully saturated rings. The minimum atomic E-state index is -0.312. The molecule has 1 saturated heterocycles. The van der Waals surface area contributed by atoms with Crippen LogP contribution in [0.3, 0.4) is 0 Å². The number of benzene rings is 2. The zero-order valence-electron chi connectivity index (χ0n) is 15.1. The van der Waals surface area contributed by atoms with E-state index >= 15 is 0 Å². The highest BCUT2D eigenvalue weighted by Crippen LogP contribution is 2.25. The molecule has 2 aromatic carbocycles. The quantitative estimate of drug-likeness (QED) is 0.405. The highest BCUT2D eigenvalue weighted by atomic mass is 35.5. The number of carbonyl (C=O) groups excluding carboxylic acids is 1. The summed E-state index contributed by atoms with van der Waals surface area (Å²) in [6.07, 6.45) is 3.25. The number of nitrogens with one attached hydrogen (secondary N) is 1. The Morgan fingerprint density at radius 2 is 1.93 bits per heavy atom. The highest BCUT2D eigenvalue weighted by Gasteiger charge is 2.17. The van der Waals surface area contributed by atoms with E-state index in [2.05, 4.69) is 9.88 Å². The van der Waals surface area contributed by atoms with Gasteiger partial charge in [0, 0.05) is 46.5 Å². The van der Waals surface area contributed by atoms with Crippen LogP contribution in [0.25, 0.3) is 17.0 Å². The molecule has 0 atom stereocenters. The highest BCUT2D eigenvalue weighted by molar-refractivity contribution is 6.31. The van der Waals surface area contributed by atoms with Crippen molar-refractivity contribution in [2.45, 2.75) is 0 Å². The van der Waals surface area contributed by atoms with Gasteiger partial charge in [-0.05, 0) is 35.9 Å². The van der Waals surface area contributed by atoms with Gasteiger partial charge in [0.2, 0.25) is 5.78 Å². The van der Waals surface area contributed by atoms with Crippen molar-refractivity contribution in [3.63, 3.8) is 0 Å². The molecule has 0 radical (unpaired) electrons. The van der Waals surface area contributed by atoms with E-state index in [4.69, 9.17) is 16.3 Å². The predicted octanol–water partition coefficient (Wildman–Crippen LogP) is 4.45. The lowest BCUT2D eigenvalue weighted by atomic mass is 10.0. The van der Waals surface area contributed by atoms with Gasteiger partial charge in [-0.1, -0.05) is 29.8 Å².